The lowest BCUT2D eigenvalue weighted by molar-refractivity contribution is 0.144. The Balaban J connectivity index is 2.32. The molecule has 0 aromatic carbocycles. The first-order chi connectivity index (χ1) is 6.54. The van der Waals surface area contributed by atoms with Gasteiger partial charge in [-0.15, -0.1) is 0 Å². The van der Waals surface area contributed by atoms with E-state index in [1.807, 2.05) is 0 Å². The molecule has 0 heteroatoms. The fraction of sp³-hybridized carbons (Fsp3) is 0.714. The van der Waals surface area contributed by atoms with Gasteiger partial charge in [0.05, 0.1) is 0 Å². The van der Waals surface area contributed by atoms with Crippen molar-refractivity contribution in [3.8, 4) is 0 Å². The number of hydrogen-bond acceptors (Lipinski definition) is 0. The van der Waals surface area contributed by atoms with Crippen LogP contribution in [0.1, 0.15) is 46.5 Å². The average Bonchev–Trinajstić information content (AvgIpc) is 2.16. The summed E-state index contributed by atoms with van der Waals surface area (Å²) < 4.78 is 0. The van der Waals surface area contributed by atoms with Gasteiger partial charge in [0.25, 0.3) is 0 Å². The molecule has 1 fully saturated rings. The van der Waals surface area contributed by atoms with Gasteiger partial charge in [-0.1, -0.05) is 44.6 Å². The Kier molecular flexibility index (Phi) is 2.33. The highest BCUT2D eigenvalue weighted by molar-refractivity contribution is 5.28. The lowest BCUT2D eigenvalue weighted by Crippen LogP contribution is -2.37. The molecule has 0 spiro atoms. The van der Waals surface area contributed by atoms with Gasteiger partial charge in [-0.05, 0) is 42.9 Å². The fourth-order valence-corrected chi connectivity index (χ4v) is 3.14. The van der Waals surface area contributed by atoms with Gasteiger partial charge in [0.15, 0.2) is 0 Å². The molecule has 78 valence electrons. The fourth-order valence-electron chi connectivity index (χ4n) is 3.14. The number of rotatable bonds is 0. The van der Waals surface area contributed by atoms with Crippen LogP contribution in [0.3, 0.4) is 0 Å². The van der Waals surface area contributed by atoms with E-state index in [0.717, 1.165) is 11.8 Å². The molecule has 2 aliphatic rings. The highest BCUT2D eigenvalue weighted by Gasteiger charge is 2.41. The van der Waals surface area contributed by atoms with Gasteiger partial charge in [0, 0.05) is 0 Å². The van der Waals surface area contributed by atoms with E-state index in [9.17, 15) is 0 Å². The van der Waals surface area contributed by atoms with E-state index in [2.05, 4.69) is 33.4 Å². The van der Waals surface area contributed by atoms with E-state index in [4.69, 9.17) is 0 Å². The molecule has 0 aromatic rings. The van der Waals surface area contributed by atoms with Gasteiger partial charge in [-0.25, -0.2) is 0 Å². The molecule has 1 saturated carbocycles. The van der Waals surface area contributed by atoms with Crippen LogP contribution in [-0.2, 0) is 0 Å². The molecular formula is C14H22. The first-order valence-corrected chi connectivity index (χ1v) is 5.90. The third-order valence-corrected chi connectivity index (χ3v) is 4.77. The standard InChI is InChI=1S/C14H22/c1-10-7-8-14(4)12(3)11(2)5-6-13(14)9-10/h6,11-12H,1,5,7-9H2,2-4H3/t11?,12?,14-/m1/s1. The van der Waals surface area contributed by atoms with E-state index in [0.29, 0.717) is 5.41 Å². The molecule has 3 atom stereocenters. The van der Waals surface area contributed by atoms with Crippen LogP contribution in [0.5, 0.6) is 0 Å². The minimum atomic E-state index is 0.485. The molecule has 0 nitrogen and oxygen atoms in total. The Morgan fingerprint density at radius 1 is 1.43 bits per heavy atom. The zero-order valence-electron chi connectivity index (χ0n) is 9.77. The highest BCUT2D eigenvalue weighted by Crippen LogP contribution is 2.52. The summed E-state index contributed by atoms with van der Waals surface area (Å²) in [6.07, 6.45) is 7.51. The summed E-state index contributed by atoms with van der Waals surface area (Å²) in [5, 5.41) is 0. The molecule has 0 amide bonds. The molecule has 0 N–H and O–H groups in total. The molecular weight excluding hydrogens is 168 g/mol. The van der Waals surface area contributed by atoms with E-state index in [-0.39, 0.29) is 0 Å². The summed E-state index contributed by atoms with van der Waals surface area (Å²) in [6, 6.07) is 0. The number of fused-ring (bicyclic) bond motifs is 1. The lowest BCUT2D eigenvalue weighted by atomic mass is 9.57. The first-order valence-electron chi connectivity index (χ1n) is 5.90. The predicted octanol–water partition coefficient (Wildman–Crippen LogP) is 4.34. The van der Waals surface area contributed by atoms with Crippen LogP contribution in [0.15, 0.2) is 23.8 Å². The van der Waals surface area contributed by atoms with Crippen LogP contribution in [-0.4, -0.2) is 0 Å². The summed E-state index contributed by atoms with van der Waals surface area (Å²) in [6.45, 7) is 11.4. The Morgan fingerprint density at radius 2 is 2.14 bits per heavy atom. The molecule has 0 radical (unpaired) electrons. The van der Waals surface area contributed by atoms with Crippen LogP contribution in [0, 0.1) is 17.3 Å². The van der Waals surface area contributed by atoms with Crippen LogP contribution in [0.25, 0.3) is 0 Å². The predicted molar refractivity (Wildman–Crippen MR) is 62.1 cm³/mol. The van der Waals surface area contributed by atoms with Crippen LogP contribution in [0.2, 0.25) is 0 Å². The summed E-state index contributed by atoms with van der Waals surface area (Å²) in [5.74, 6) is 1.70. The zero-order chi connectivity index (χ0) is 10.3. The van der Waals surface area contributed by atoms with Gasteiger partial charge in [0.2, 0.25) is 0 Å². The minimum Gasteiger partial charge on any atom is -0.0995 e. The van der Waals surface area contributed by atoms with Gasteiger partial charge in [-0.2, -0.15) is 0 Å². The third kappa shape index (κ3) is 1.36. The second-order valence-corrected chi connectivity index (χ2v) is 5.58. The molecule has 14 heavy (non-hydrogen) atoms. The molecule has 0 aliphatic heterocycles. The van der Waals surface area contributed by atoms with E-state index in [1.165, 1.54) is 31.3 Å². The van der Waals surface area contributed by atoms with Gasteiger partial charge < -0.3 is 0 Å². The van der Waals surface area contributed by atoms with Crippen molar-refractivity contribution in [3.63, 3.8) is 0 Å². The van der Waals surface area contributed by atoms with E-state index >= 15 is 0 Å². The largest absolute Gasteiger partial charge is 0.0995 e. The molecule has 2 aliphatic carbocycles. The van der Waals surface area contributed by atoms with Crippen molar-refractivity contribution in [2.75, 3.05) is 0 Å². The Bertz CT molecular complexity index is 284. The van der Waals surface area contributed by atoms with Crippen molar-refractivity contribution >= 4 is 0 Å². The molecule has 0 saturated heterocycles. The molecule has 0 heterocycles. The van der Waals surface area contributed by atoms with Crippen molar-refractivity contribution in [2.45, 2.75) is 46.5 Å². The average molecular weight is 190 g/mol. The van der Waals surface area contributed by atoms with Crippen LogP contribution in [0.4, 0.5) is 0 Å². The Morgan fingerprint density at radius 3 is 2.86 bits per heavy atom. The first kappa shape index (κ1) is 10.0. The maximum absolute atomic E-state index is 4.14. The Hall–Kier alpha value is -0.520. The summed E-state index contributed by atoms with van der Waals surface area (Å²) in [4.78, 5) is 0. The SMILES string of the molecule is C=C1CC[C@@]2(C)C(=CCC(C)C2C)C1. The number of hydrogen-bond donors (Lipinski definition) is 0. The molecule has 2 rings (SSSR count). The van der Waals surface area contributed by atoms with Crippen molar-refractivity contribution < 1.29 is 0 Å². The van der Waals surface area contributed by atoms with Gasteiger partial charge in [-0.3, -0.25) is 0 Å². The normalized spacial score (nSPS) is 43.1. The molecule has 0 bridgehead atoms. The second-order valence-electron chi connectivity index (χ2n) is 5.58. The quantitative estimate of drug-likeness (QED) is 0.499. The third-order valence-electron chi connectivity index (χ3n) is 4.77. The second kappa shape index (κ2) is 3.25. The summed E-state index contributed by atoms with van der Waals surface area (Å²) in [7, 11) is 0. The monoisotopic (exact) mass is 190 g/mol. The van der Waals surface area contributed by atoms with Crippen molar-refractivity contribution in [1.29, 1.82) is 0 Å². The smallest absolute Gasteiger partial charge is 0.00819 e. The van der Waals surface area contributed by atoms with Crippen LogP contribution < -0.4 is 0 Å². The van der Waals surface area contributed by atoms with Crippen molar-refractivity contribution in [3.05, 3.63) is 23.8 Å². The van der Waals surface area contributed by atoms with Gasteiger partial charge in [0.1, 0.15) is 0 Å². The topological polar surface area (TPSA) is 0 Å². The summed E-state index contributed by atoms with van der Waals surface area (Å²) >= 11 is 0. The highest BCUT2D eigenvalue weighted by atomic mass is 14.5. The Labute approximate surface area is 88.1 Å². The minimum absolute atomic E-state index is 0.485. The maximum Gasteiger partial charge on any atom is -0.00819 e. The van der Waals surface area contributed by atoms with E-state index < -0.39 is 0 Å². The van der Waals surface area contributed by atoms with Crippen LogP contribution >= 0.6 is 0 Å². The summed E-state index contributed by atoms with van der Waals surface area (Å²) in [5.41, 5.74) is 3.61. The van der Waals surface area contributed by atoms with Gasteiger partial charge >= 0.3 is 0 Å². The van der Waals surface area contributed by atoms with E-state index in [1.54, 1.807) is 5.57 Å². The van der Waals surface area contributed by atoms with Crippen molar-refractivity contribution in [1.82, 2.24) is 0 Å². The lowest BCUT2D eigenvalue weighted by Gasteiger charge is -2.47. The van der Waals surface area contributed by atoms with Crippen molar-refractivity contribution in [2.24, 2.45) is 17.3 Å². The maximum atomic E-state index is 4.14. The molecule has 0 aromatic heterocycles. The zero-order valence-corrected chi connectivity index (χ0v) is 9.77. The molecule has 2 unspecified atom stereocenters. The number of allylic oxidation sites excluding steroid dienone is 3.